The van der Waals surface area contributed by atoms with Crippen molar-refractivity contribution in [3.05, 3.63) is 46.2 Å². The molecule has 2 aromatic rings. The normalized spacial score (nSPS) is 10.3. The minimum Gasteiger partial charge on any atom is -0.478 e. The third kappa shape index (κ3) is 3.13. The number of nitrogens with zero attached hydrogens (tertiary/aromatic N) is 2. The molecule has 0 bridgehead atoms. The average molecular weight is 301 g/mol. The van der Waals surface area contributed by atoms with E-state index >= 15 is 0 Å². The largest absolute Gasteiger partial charge is 0.478 e. The van der Waals surface area contributed by atoms with Crippen LogP contribution < -0.4 is 0 Å². The summed E-state index contributed by atoms with van der Waals surface area (Å²) >= 11 is 12.7. The summed E-state index contributed by atoms with van der Waals surface area (Å²) in [4.78, 5) is 19.6. The summed E-state index contributed by atoms with van der Waals surface area (Å²) in [6.07, 6.45) is 2.95. The maximum atomic E-state index is 10.9. The fourth-order valence-electron chi connectivity index (χ4n) is 1.19. The number of benzene rings is 1. The lowest BCUT2D eigenvalue weighted by atomic mass is 10.2. The van der Waals surface area contributed by atoms with Crippen molar-refractivity contribution in [2.24, 2.45) is 0 Å². The van der Waals surface area contributed by atoms with Gasteiger partial charge in [0.2, 0.25) is 0 Å². The van der Waals surface area contributed by atoms with E-state index in [1.807, 2.05) is 0 Å². The lowest BCUT2D eigenvalue weighted by Gasteiger charge is -2.03. The molecule has 0 saturated carbocycles. The average Bonchev–Trinajstić information content (AvgIpc) is 2.34. The molecule has 1 aromatic heterocycles. The smallest absolute Gasteiger partial charge is 0.337 e. The topological polar surface area (TPSA) is 63.1 Å². The number of carboxylic acid groups (broad SMARTS) is 1. The van der Waals surface area contributed by atoms with E-state index in [9.17, 15) is 4.79 Å². The standard InChI is InChI=1S/C11H6Cl2N2O2S/c12-6-4-14-11(15-5-6)18-7-1-2-9(13)8(3-7)10(16)17/h1-5H,(H,16,17). The summed E-state index contributed by atoms with van der Waals surface area (Å²) < 4.78 is 0. The maximum Gasteiger partial charge on any atom is 0.337 e. The third-order valence-electron chi connectivity index (χ3n) is 1.97. The Balaban J connectivity index is 2.27. The molecule has 0 spiro atoms. The van der Waals surface area contributed by atoms with E-state index in [2.05, 4.69) is 9.97 Å². The molecule has 1 heterocycles. The second-order valence-electron chi connectivity index (χ2n) is 3.23. The molecule has 1 N–H and O–H groups in total. The Morgan fingerprint density at radius 1 is 1.22 bits per heavy atom. The summed E-state index contributed by atoms with van der Waals surface area (Å²) in [6.45, 7) is 0. The molecule has 0 atom stereocenters. The number of rotatable bonds is 3. The van der Waals surface area contributed by atoms with Crippen LogP contribution in [0.3, 0.4) is 0 Å². The number of aromatic carboxylic acids is 1. The first-order chi connectivity index (χ1) is 8.56. The summed E-state index contributed by atoms with van der Waals surface area (Å²) in [7, 11) is 0. The van der Waals surface area contributed by atoms with E-state index < -0.39 is 5.97 Å². The number of carbonyl (C=O) groups is 1. The number of halogens is 2. The van der Waals surface area contributed by atoms with Gasteiger partial charge in [-0.3, -0.25) is 0 Å². The van der Waals surface area contributed by atoms with Crippen LogP contribution in [0.15, 0.2) is 40.6 Å². The lowest BCUT2D eigenvalue weighted by molar-refractivity contribution is 0.0697. The van der Waals surface area contributed by atoms with Crippen molar-refractivity contribution in [1.29, 1.82) is 0 Å². The molecule has 1 aromatic carbocycles. The van der Waals surface area contributed by atoms with Gasteiger partial charge in [-0.2, -0.15) is 0 Å². The first-order valence-corrected chi connectivity index (χ1v) is 6.32. The van der Waals surface area contributed by atoms with Gasteiger partial charge in [0.05, 0.1) is 28.0 Å². The van der Waals surface area contributed by atoms with Crippen LogP contribution in [0.4, 0.5) is 0 Å². The van der Waals surface area contributed by atoms with Gasteiger partial charge in [0.25, 0.3) is 0 Å². The summed E-state index contributed by atoms with van der Waals surface area (Å²) in [5.74, 6) is -1.07. The molecule has 0 aliphatic rings. The van der Waals surface area contributed by atoms with Crippen molar-refractivity contribution in [3.8, 4) is 0 Å². The highest BCUT2D eigenvalue weighted by molar-refractivity contribution is 7.99. The summed E-state index contributed by atoms with van der Waals surface area (Å²) in [5.41, 5.74) is 0.0515. The van der Waals surface area contributed by atoms with Crippen LogP contribution in [0.5, 0.6) is 0 Å². The second kappa shape index (κ2) is 5.56. The number of hydrogen-bond donors (Lipinski definition) is 1. The van der Waals surface area contributed by atoms with Gasteiger partial charge in [-0.25, -0.2) is 14.8 Å². The first kappa shape index (κ1) is 13.1. The highest BCUT2D eigenvalue weighted by Crippen LogP contribution is 2.28. The van der Waals surface area contributed by atoms with E-state index in [4.69, 9.17) is 28.3 Å². The molecule has 0 unspecified atom stereocenters. The summed E-state index contributed by atoms with van der Waals surface area (Å²) in [5, 5.41) is 10.1. The summed E-state index contributed by atoms with van der Waals surface area (Å²) in [6, 6.07) is 4.72. The van der Waals surface area contributed by atoms with Gasteiger partial charge in [-0.05, 0) is 30.0 Å². The fraction of sp³-hybridized carbons (Fsp3) is 0. The predicted molar refractivity (Wildman–Crippen MR) is 69.6 cm³/mol. The number of hydrogen-bond acceptors (Lipinski definition) is 4. The lowest BCUT2D eigenvalue weighted by Crippen LogP contribution is -1.97. The third-order valence-corrected chi connectivity index (χ3v) is 3.38. The molecule has 7 heteroatoms. The molecule has 0 fully saturated rings. The Morgan fingerprint density at radius 2 is 1.89 bits per heavy atom. The van der Waals surface area contributed by atoms with Crippen molar-refractivity contribution in [1.82, 2.24) is 9.97 Å². The van der Waals surface area contributed by atoms with Crippen LogP contribution in [0, 0.1) is 0 Å². The number of aromatic nitrogens is 2. The Morgan fingerprint density at radius 3 is 2.50 bits per heavy atom. The molecule has 0 aliphatic carbocycles. The van der Waals surface area contributed by atoms with Crippen LogP contribution in [-0.4, -0.2) is 21.0 Å². The van der Waals surface area contributed by atoms with Gasteiger partial charge < -0.3 is 5.11 Å². The molecule has 92 valence electrons. The zero-order valence-electron chi connectivity index (χ0n) is 8.80. The van der Waals surface area contributed by atoms with Crippen LogP contribution in [-0.2, 0) is 0 Å². The maximum absolute atomic E-state index is 10.9. The van der Waals surface area contributed by atoms with Crippen LogP contribution in [0.2, 0.25) is 10.0 Å². The van der Waals surface area contributed by atoms with Gasteiger partial charge in [-0.1, -0.05) is 23.2 Å². The van der Waals surface area contributed by atoms with Crippen LogP contribution >= 0.6 is 35.0 Å². The minimum atomic E-state index is -1.07. The first-order valence-electron chi connectivity index (χ1n) is 4.74. The molecule has 2 rings (SSSR count). The molecule has 0 radical (unpaired) electrons. The van der Waals surface area contributed by atoms with Crippen molar-refractivity contribution in [2.75, 3.05) is 0 Å². The zero-order valence-corrected chi connectivity index (χ0v) is 11.1. The Bertz CT molecular complexity index is 590. The van der Waals surface area contributed by atoms with E-state index in [1.165, 1.54) is 36.3 Å². The highest BCUT2D eigenvalue weighted by atomic mass is 35.5. The van der Waals surface area contributed by atoms with Gasteiger partial charge in [0.1, 0.15) is 0 Å². The molecule has 18 heavy (non-hydrogen) atoms. The molecule has 0 amide bonds. The number of carboxylic acids is 1. The minimum absolute atomic E-state index is 0.0515. The van der Waals surface area contributed by atoms with Crippen LogP contribution in [0.25, 0.3) is 0 Å². The molecule has 0 aliphatic heterocycles. The van der Waals surface area contributed by atoms with Gasteiger partial charge in [-0.15, -0.1) is 0 Å². The SMILES string of the molecule is O=C(O)c1cc(Sc2ncc(Cl)cn2)ccc1Cl. The van der Waals surface area contributed by atoms with Crippen molar-refractivity contribution >= 4 is 40.9 Å². The molecular formula is C11H6Cl2N2O2S. The molecule has 4 nitrogen and oxygen atoms in total. The van der Waals surface area contributed by atoms with E-state index in [-0.39, 0.29) is 10.6 Å². The van der Waals surface area contributed by atoms with Gasteiger partial charge in [0, 0.05) is 4.90 Å². The monoisotopic (exact) mass is 300 g/mol. The van der Waals surface area contributed by atoms with E-state index in [1.54, 1.807) is 6.07 Å². The van der Waals surface area contributed by atoms with Crippen LogP contribution in [0.1, 0.15) is 10.4 Å². The van der Waals surface area contributed by atoms with Crippen molar-refractivity contribution in [2.45, 2.75) is 10.1 Å². The van der Waals surface area contributed by atoms with E-state index in [0.29, 0.717) is 15.1 Å². The van der Waals surface area contributed by atoms with E-state index in [0.717, 1.165) is 0 Å². The Kier molecular flexibility index (Phi) is 4.06. The highest BCUT2D eigenvalue weighted by Gasteiger charge is 2.10. The molecule has 0 saturated heterocycles. The Hall–Kier alpha value is -1.30. The van der Waals surface area contributed by atoms with Gasteiger partial charge >= 0.3 is 5.97 Å². The van der Waals surface area contributed by atoms with Crippen molar-refractivity contribution < 1.29 is 9.90 Å². The Labute approximate surface area is 117 Å². The van der Waals surface area contributed by atoms with Gasteiger partial charge in [0.15, 0.2) is 5.16 Å². The molecular weight excluding hydrogens is 295 g/mol. The quantitative estimate of drug-likeness (QED) is 0.877. The zero-order chi connectivity index (χ0) is 13.1. The predicted octanol–water partition coefficient (Wildman–Crippen LogP) is 3.63. The van der Waals surface area contributed by atoms with Crippen molar-refractivity contribution in [3.63, 3.8) is 0 Å². The second-order valence-corrected chi connectivity index (χ2v) is 5.12. The fourth-order valence-corrected chi connectivity index (χ4v) is 2.22.